The molecule has 8 nitrogen and oxygen atoms in total. The number of nitrogens with one attached hydrogen (secondary N) is 2. The lowest BCUT2D eigenvalue weighted by Gasteiger charge is -2.31. The number of H-pyrrole nitrogens is 1. The molecule has 174 valence electrons. The zero-order chi connectivity index (χ0) is 23.6. The number of rotatable bonds is 6. The number of methoxy groups -OCH3 is 1. The highest BCUT2D eigenvalue weighted by molar-refractivity contribution is 7.89. The Balaban J connectivity index is 1.42. The van der Waals surface area contributed by atoms with Gasteiger partial charge in [0.2, 0.25) is 10.0 Å². The van der Waals surface area contributed by atoms with E-state index in [1.165, 1.54) is 58.6 Å². The molecule has 2 N–H and O–H groups in total. The van der Waals surface area contributed by atoms with E-state index in [1.807, 2.05) is 0 Å². The summed E-state index contributed by atoms with van der Waals surface area (Å²) in [5.74, 6) is -0.147. The lowest BCUT2D eigenvalue weighted by Crippen LogP contribution is -2.46. The van der Waals surface area contributed by atoms with Crippen molar-refractivity contribution in [1.29, 1.82) is 0 Å². The van der Waals surface area contributed by atoms with Crippen LogP contribution in [0, 0.1) is 10.6 Å². The molecule has 0 atom stereocenters. The van der Waals surface area contributed by atoms with Crippen molar-refractivity contribution < 1.29 is 22.3 Å². The standard InChI is InChI=1S/C22H23FN4O4S2/c1-31-18-6-8-19(9-7-18)33(29,30)26-12-10-16(11-13-26)25-21(28)20-14-24-22(32)27(20)17-4-2-15(23)3-5-17/h2-9,14,16H,10-13H2,1H3,(H,24,32)(H,25,28). The van der Waals surface area contributed by atoms with E-state index in [0.29, 0.717) is 34.7 Å². The first-order valence-electron chi connectivity index (χ1n) is 10.3. The van der Waals surface area contributed by atoms with Crippen LogP contribution in [0.4, 0.5) is 4.39 Å². The number of carbonyl (C=O) groups is 1. The van der Waals surface area contributed by atoms with Gasteiger partial charge >= 0.3 is 0 Å². The summed E-state index contributed by atoms with van der Waals surface area (Å²) in [6, 6.07) is 11.8. The number of aromatic nitrogens is 2. The van der Waals surface area contributed by atoms with E-state index in [-0.39, 0.29) is 35.8 Å². The van der Waals surface area contributed by atoms with E-state index in [4.69, 9.17) is 17.0 Å². The summed E-state index contributed by atoms with van der Waals surface area (Å²) in [7, 11) is -2.10. The molecule has 1 saturated heterocycles. The Bertz CT molecular complexity index is 1290. The zero-order valence-electron chi connectivity index (χ0n) is 17.8. The summed E-state index contributed by atoms with van der Waals surface area (Å²) >= 11 is 5.28. The van der Waals surface area contributed by atoms with Gasteiger partial charge in [-0.2, -0.15) is 4.31 Å². The van der Waals surface area contributed by atoms with Gasteiger partial charge in [-0.05, 0) is 73.6 Å². The molecule has 0 unspecified atom stereocenters. The summed E-state index contributed by atoms with van der Waals surface area (Å²) in [5.41, 5.74) is 0.855. The highest BCUT2D eigenvalue weighted by Crippen LogP contribution is 2.23. The van der Waals surface area contributed by atoms with Crippen molar-refractivity contribution in [1.82, 2.24) is 19.2 Å². The van der Waals surface area contributed by atoms with Crippen molar-refractivity contribution in [2.75, 3.05) is 20.2 Å². The molecule has 4 rings (SSSR count). The van der Waals surface area contributed by atoms with Crippen LogP contribution in [0.1, 0.15) is 23.3 Å². The van der Waals surface area contributed by atoms with Crippen molar-refractivity contribution in [3.63, 3.8) is 0 Å². The van der Waals surface area contributed by atoms with E-state index >= 15 is 0 Å². The molecule has 1 aliphatic rings. The lowest BCUT2D eigenvalue weighted by molar-refractivity contribution is 0.0917. The number of nitrogens with zero attached hydrogens (tertiary/aromatic N) is 2. The number of aromatic amines is 1. The molecule has 0 spiro atoms. The molecule has 1 fully saturated rings. The number of amides is 1. The van der Waals surface area contributed by atoms with Crippen LogP contribution >= 0.6 is 12.2 Å². The fourth-order valence-electron chi connectivity index (χ4n) is 3.78. The van der Waals surface area contributed by atoms with Gasteiger partial charge in [-0.3, -0.25) is 9.36 Å². The van der Waals surface area contributed by atoms with Crippen LogP contribution in [-0.4, -0.2) is 54.4 Å². The van der Waals surface area contributed by atoms with Crippen molar-refractivity contribution in [2.24, 2.45) is 0 Å². The SMILES string of the molecule is COc1ccc(S(=O)(=O)N2CCC(NC(=O)c3c[nH]c(=S)n3-c3ccc(F)cc3)CC2)cc1. The van der Waals surface area contributed by atoms with Gasteiger partial charge in [0.25, 0.3) is 5.91 Å². The predicted octanol–water partition coefficient (Wildman–Crippen LogP) is 3.27. The average molecular weight is 491 g/mol. The Morgan fingerprint density at radius 2 is 1.76 bits per heavy atom. The topological polar surface area (TPSA) is 96.4 Å². The second-order valence-corrected chi connectivity index (χ2v) is 9.94. The molecule has 2 heterocycles. The molecular formula is C22H23FN4O4S2. The second-order valence-electron chi connectivity index (χ2n) is 7.62. The van der Waals surface area contributed by atoms with E-state index in [2.05, 4.69) is 10.3 Å². The van der Waals surface area contributed by atoms with E-state index in [1.54, 1.807) is 12.1 Å². The molecule has 1 amide bonds. The number of carbonyl (C=O) groups excluding carboxylic acids is 1. The molecule has 3 aromatic rings. The fraction of sp³-hybridized carbons (Fsp3) is 0.273. The monoisotopic (exact) mass is 490 g/mol. The van der Waals surface area contributed by atoms with Gasteiger partial charge in [0, 0.05) is 31.0 Å². The Morgan fingerprint density at radius 3 is 2.36 bits per heavy atom. The quantitative estimate of drug-likeness (QED) is 0.517. The van der Waals surface area contributed by atoms with Crippen LogP contribution in [0.25, 0.3) is 5.69 Å². The minimum Gasteiger partial charge on any atom is -0.497 e. The third-order valence-corrected chi connectivity index (χ3v) is 7.79. The Labute approximate surface area is 196 Å². The van der Waals surface area contributed by atoms with Gasteiger partial charge in [-0.1, -0.05) is 0 Å². The maximum Gasteiger partial charge on any atom is 0.270 e. The van der Waals surface area contributed by atoms with E-state index in [0.717, 1.165) is 0 Å². The first-order valence-corrected chi connectivity index (χ1v) is 12.2. The highest BCUT2D eigenvalue weighted by atomic mass is 32.2. The number of hydrogen-bond donors (Lipinski definition) is 2. The first-order chi connectivity index (χ1) is 15.8. The van der Waals surface area contributed by atoms with Gasteiger partial charge in [0.15, 0.2) is 4.77 Å². The molecule has 1 aromatic heterocycles. The molecular weight excluding hydrogens is 467 g/mol. The molecule has 2 aromatic carbocycles. The normalized spacial score (nSPS) is 15.3. The predicted molar refractivity (Wildman–Crippen MR) is 123 cm³/mol. The summed E-state index contributed by atoms with van der Waals surface area (Å²) < 4.78 is 47.5. The smallest absolute Gasteiger partial charge is 0.270 e. The third-order valence-electron chi connectivity index (χ3n) is 5.58. The molecule has 0 bridgehead atoms. The molecule has 33 heavy (non-hydrogen) atoms. The van der Waals surface area contributed by atoms with Crippen LogP contribution in [0.5, 0.6) is 5.75 Å². The molecule has 11 heteroatoms. The number of ether oxygens (including phenoxy) is 1. The number of halogens is 1. The Kier molecular flexibility index (Phi) is 6.63. The van der Waals surface area contributed by atoms with Crippen LogP contribution in [0.15, 0.2) is 59.6 Å². The van der Waals surface area contributed by atoms with Gasteiger partial charge in [-0.15, -0.1) is 0 Å². The van der Waals surface area contributed by atoms with Crippen LogP contribution in [-0.2, 0) is 10.0 Å². The molecule has 0 saturated carbocycles. The zero-order valence-corrected chi connectivity index (χ0v) is 19.5. The maximum atomic E-state index is 13.3. The minimum absolute atomic E-state index is 0.190. The summed E-state index contributed by atoms with van der Waals surface area (Å²) in [5, 5.41) is 2.96. The Morgan fingerprint density at radius 1 is 1.12 bits per heavy atom. The van der Waals surface area contributed by atoms with E-state index in [9.17, 15) is 17.6 Å². The third kappa shape index (κ3) is 4.85. The molecule has 1 aliphatic heterocycles. The number of hydrogen-bond acceptors (Lipinski definition) is 5. The highest BCUT2D eigenvalue weighted by Gasteiger charge is 2.30. The second kappa shape index (κ2) is 9.46. The number of piperidine rings is 1. The lowest BCUT2D eigenvalue weighted by atomic mass is 10.1. The summed E-state index contributed by atoms with van der Waals surface area (Å²) in [6.45, 7) is 0.577. The maximum absolute atomic E-state index is 13.3. The molecule has 0 radical (unpaired) electrons. The van der Waals surface area contributed by atoms with Gasteiger partial charge in [-0.25, -0.2) is 12.8 Å². The number of benzene rings is 2. The largest absolute Gasteiger partial charge is 0.497 e. The van der Waals surface area contributed by atoms with Crippen LogP contribution in [0.3, 0.4) is 0 Å². The van der Waals surface area contributed by atoms with Gasteiger partial charge in [0.1, 0.15) is 17.3 Å². The van der Waals surface area contributed by atoms with Gasteiger partial charge < -0.3 is 15.0 Å². The van der Waals surface area contributed by atoms with Crippen molar-refractivity contribution in [3.05, 3.63) is 71.0 Å². The number of sulfonamides is 1. The van der Waals surface area contributed by atoms with Crippen LogP contribution in [0.2, 0.25) is 0 Å². The average Bonchev–Trinajstić information content (AvgIpc) is 3.21. The first kappa shape index (κ1) is 23.1. The fourth-order valence-corrected chi connectivity index (χ4v) is 5.51. The van der Waals surface area contributed by atoms with E-state index < -0.39 is 10.0 Å². The minimum atomic E-state index is -3.62. The van der Waals surface area contributed by atoms with Crippen molar-refractivity contribution in [3.8, 4) is 11.4 Å². The van der Waals surface area contributed by atoms with Gasteiger partial charge in [0.05, 0.1) is 12.0 Å². The summed E-state index contributed by atoms with van der Waals surface area (Å²) in [4.78, 5) is 16.0. The van der Waals surface area contributed by atoms with Crippen molar-refractivity contribution >= 4 is 28.1 Å². The summed E-state index contributed by atoms with van der Waals surface area (Å²) in [6.07, 6.45) is 2.45. The number of imidazole rings is 1. The Hall–Kier alpha value is -3.02. The molecule has 0 aliphatic carbocycles. The van der Waals surface area contributed by atoms with Crippen LogP contribution < -0.4 is 10.1 Å². The van der Waals surface area contributed by atoms with Crippen molar-refractivity contribution in [2.45, 2.75) is 23.8 Å².